The molecule has 0 aliphatic carbocycles. The normalized spacial score (nSPS) is 17.8. The zero-order valence-electron chi connectivity index (χ0n) is 14.5. The van der Waals surface area contributed by atoms with Crippen molar-refractivity contribution in [2.24, 2.45) is 0 Å². The molecule has 2 aromatic carbocycles. The molecule has 1 aliphatic heterocycles. The molecule has 1 heterocycles. The Labute approximate surface area is 148 Å². The highest BCUT2D eigenvalue weighted by Crippen LogP contribution is 2.31. The fraction of sp³-hybridized carbons (Fsp3) is 0.316. The molecule has 1 aliphatic rings. The summed E-state index contributed by atoms with van der Waals surface area (Å²) in [5.41, 5.74) is 3.55. The average molecular weight is 359 g/mol. The lowest BCUT2D eigenvalue weighted by molar-refractivity contribution is -0.145. The van der Waals surface area contributed by atoms with Crippen molar-refractivity contribution in [1.82, 2.24) is 4.31 Å². The number of rotatable bonds is 3. The molecule has 0 fully saturated rings. The number of hydrogen-bond donors (Lipinski definition) is 0. The first kappa shape index (κ1) is 17.6. The summed E-state index contributed by atoms with van der Waals surface area (Å²) in [5.74, 6) is -0.539. The standard InChI is InChI=1S/C19H21NO4S/c1-13-8-9-18(14(2)10-13)25(22,23)20-12-16-7-5-4-6-15(16)11-17(20)19(21)24-3/h4-10,17H,11-12H2,1-3H3/t17-/m1/s1. The van der Waals surface area contributed by atoms with Gasteiger partial charge in [-0.1, -0.05) is 42.0 Å². The number of aryl methyl sites for hydroxylation is 2. The summed E-state index contributed by atoms with van der Waals surface area (Å²) in [6.45, 7) is 3.84. The molecule has 0 radical (unpaired) electrons. The van der Waals surface area contributed by atoms with Gasteiger partial charge in [-0.2, -0.15) is 4.31 Å². The largest absolute Gasteiger partial charge is 0.468 e. The summed E-state index contributed by atoms with van der Waals surface area (Å²) in [5, 5.41) is 0. The molecular weight excluding hydrogens is 338 g/mol. The molecule has 0 unspecified atom stereocenters. The Morgan fingerprint density at radius 1 is 1.12 bits per heavy atom. The van der Waals surface area contributed by atoms with Gasteiger partial charge in [-0.15, -0.1) is 0 Å². The van der Waals surface area contributed by atoms with Crippen molar-refractivity contribution in [3.8, 4) is 0 Å². The van der Waals surface area contributed by atoms with E-state index in [0.29, 0.717) is 12.0 Å². The van der Waals surface area contributed by atoms with Crippen LogP contribution in [0.1, 0.15) is 22.3 Å². The van der Waals surface area contributed by atoms with E-state index in [2.05, 4.69) is 0 Å². The molecule has 0 spiro atoms. The lowest BCUT2D eigenvalue weighted by Gasteiger charge is -2.34. The van der Waals surface area contributed by atoms with E-state index in [-0.39, 0.29) is 11.4 Å². The Hall–Kier alpha value is -2.18. The Balaban J connectivity index is 2.10. The van der Waals surface area contributed by atoms with Crippen molar-refractivity contribution in [1.29, 1.82) is 0 Å². The van der Waals surface area contributed by atoms with Crippen molar-refractivity contribution in [3.05, 3.63) is 64.7 Å². The van der Waals surface area contributed by atoms with Gasteiger partial charge >= 0.3 is 5.97 Å². The second-order valence-corrected chi connectivity index (χ2v) is 8.19. The van der Waals surface area contributed by atoms with Crippen LogP contribution in [0.25, 0.3) is 0 Å². The molecule has 0 saturated carbocycles. The second-order valence-electron chi connectivity index (χ2n) is 6.33. The van der Waals surface area contributed by atoms with Crippen LogP contribution in [-0.4, -0.2) is 31.8 Å². The predicted molar refractivity (Wildman–Crippen MR) is 94.6 cm³/mol. The van der Waals surface area contributed by atoms with Crippen LogP contribution < -0.4 is 0 Å². The zero-order valence-corrected chi connectivity index (χ0v) is 15.3. The minimum Gasteiger partial charge on any atom is -0.468 e. The quantitative estimate of drug-likeness (QED) is 0.790. The Morgan fingerprint density at radius 2 is 1.80 bits per heavy atom. The fourth-order valence-corrected chi connectivity index (χ4v) is 5.07. The molecular formula is C19H21NO4S. The number of carbonyl (C=O) groups is 1. The molecule has 1 atom stereocenters. The van der Waals surface area contributed by atoms with E-state index in [1.165, 1.54) is 11.4 Å². The first-order chi connectivity index (χ1) is 11.8. The SMILES string of the molecule is COC(=O)[C@H]1Cc2ccccc2CN1S(=O)(=O)c1ccc(C)cc1C. The minimum absolute atomic E-state index is 0.158. The summed E-state index contributed by atoms with van der Waals surface area (Å²) in [4.78, 5) is 12.5. The smallest absolute Gasteiger partial charge is 0.324 e. The Kier molecular flexibility index (Phi) is 4.67. The van der Waals surface area contributed by atoms with Crippen LogP contribution in [0.2, 0.25) is 0 Å². The van der Waals surface area contributed by atoms with Gasteiger partial charge in [0, 0.05) is 13.0 Å². The van der Waals surface area contributed by atoms with E-state index in [9.17, 15) is 13.2 Å². The fourth-order valence-electron chi connectivity index (χ4n) is 3.30. The molecule has 5 nitrogen and oxygen atoms in total. The lowest BCUT2D eigenvalue weighted by Crippen LogP contribution is -2.49. The first-order valence-corrected chi connectivity index (χ1v) is 9.52. The van der Waals surface area contributed by atoms with Crippen molar-refractivity contribution < 1.29 is 17.9 Å². The molecule has 6 heteroatoms. The number of ether oxygens (including phenoxy) is 1. The van der Waals surface area contributed by atoms with Crippen LogP contribution in [0.15, 0.2) is 47.4 Å². The summed E-state index contributed by atoms with van der Waals surface area (Å²) >= 11 is 0. The highest BCUT2D eigenvalue weighted by Gasteiger charge is 2.40. The van der Waals surface area contributed by atoms with Gasteiger partial charge in [-0.25, -0.2) is 8.42 Å². The number of methoxy groups -OCH3 is 1. The van der Waals surface area contributed by atoms with E-state index >= 15 is 0 Å². The number of benzene rings is 2. The van der Waals surface area contributed by atoms with E-state index in [1.54, 1.807) is 19.1 Å². The second kappa shape index (κ2) is 6.61. The van der Waals surface area contributed by atoms with Gasteiger partial charge in [0.2, 0.25) is 10.0 Å². The lowest BCUT2D eigenvalue weighted by atomic mass is 9.96. The Bertz CT molecular complexity index is 921. The van der Waals surface area contributed by atoms with Crippen molar-refractivity contribution in [2.75, 3.05) is 7.11 Å². The van der Waals surface area contributed by atoms with Crippen molar-refractivity contribution in [2.45, 2.75) is 37.8 Å². The van der Waals surface area contributed by atoms with Gasteiger partial charge < -0.3 is 4.74 Å². The van der Waals surface area contributed by atoms with Crippen LogP contribution in [0.4, 0.5) is 0 Å². The van der Waals surface area contributed by atoms with Crippen LogP contribution in [0.5, 0.6) is 0 Å². The topological polar surface area (TPSA) is 63.7 Å². The summed E-state index contributed by atoms with van der Waals surface area (Å²) in [6, 6.07) is 11.9. The van der Waals surface area contributed by atoms with Crippen LogP contribution >= 0.6 is 0 Å². The highest BCUT2D eigenvalue weighted by molar-refractivity contribution is 7.89. The number of fused-ring (bicyclic) bond motifs is 1. The minimum atomic E-state index is -3.82. The molecule has 0 bridgehead atoms. The summed E-state index contributed by atoms with van der Waals surface area (Å²) < 4.78 is 32.7. The van der Waals surface area contributed by atoms with Gasteiger partial charge in [0.1, 0.15) is 6.04 Å². The summed E-state index contributed by atoms with van der Waals surface area (Å²) in [7, 11) is -2.54. The highest BCUT2D eigenvalue weighted by atomic mass is 32.2. The van der Waals surface area contributed by atoms with Gasteiger partial charge in [0.05, 0.1) is 12.0 Å². The zero-order chi connectivity index (χ0) is 18.2. The third kappa shape index (κ3) is 3.19. The first-order valence-electron chi connectivity index (χ1n) is 8.08. The van der Waals surface area contributed by atoms with Crippen LogP contribution in [0.3, 0.4) is 0 Å². The number of carbonyl (C=O) groups excluding carboxylic acids is 1. The van der Waals surface area contributed by atoms with E-state index < -0.39 is 22.0 Å². The third-order valence-electron chi connectivity index (χ3n) is 4.60. The number of esters is 1. The molecule has 25 heavy (non-hydrogen) atoms. The molecule has 3 rings (SSSR count). The molecule has 0 N–H and O–H groups in total. The van der Waals surface area contributed by atoms with Gasteiger partial charge in [0.15, 0.2) is 0 Å². The van der Waals surface area contributed by atoms with E-state index in [1.807, 2.05) is 37.3 Å². The Morgan fingerprint density at radius 3 is 2.44 bits per heavy atom. The molecule has 0 aromatic heterocycles. The molecule has 2 aromatic rings. The van der Waals surface area contributed by atoms with Gasteiger partial charge in [-0.3, -0.25) is 4.79 Å². The maximum Gasteiger partial charge on any atom is 0.324 e. The maximum absolute atomic E-state index is 13.3. The van der Waals surface area contributed by atoms with Crippen molar-refractivity contribution >= 4 is 16.0 Å². The van der Waals surface area contributed by atoms with Crippen LogP contribution in [-0.2, 0) is 32.5 Å². The number of hydrogen-bond acceptors (Lipinski definition) is 4. The molecule has 0 amide bonds. The monoisotopic (exact) mass is 359 g/mol. The molecule has 0 saturated heterocycles. The van der Waals surface area contributed by atoms with Crippen molar-refractivity contribution in [3.63, 3.8) is 0 Å². The van der Waals surface area contributed by atoms with Crippen LogP contribution in [0, 0.1) is 13.8 Å². The predicted octanol–water partition coefficient (Wildman–Crippen LogP) is 2.59. The average Bonchev–Trinajstić information content (AvgIpc) is 2.59. The number of sulfonamides is 1. The van der Waals surface area contributed by atoms with E-state index in [4.69, 9.17) is 4.74 Å². The van der Waals surface area contributed by atoms with Gasteiger partial charge in [0.25, 0.3) is 0 Å². The third-order valence-corrected chi connectivity index (χ3v) is 6.61. The van der Waals surface area contributed by atoms with E-state index in [0.717, 1.165) is 16.7 Å². The van der Waals surface area contributed by atoms with Gasteiger partial charge in [-0.05, 0) is 36.6 Å². The molecule has 132 valence electrons. The summed E-state index contributed by atoms with van der Waals surface area (Å²) in [6.07, 6.45) is 0.312. The number of nitrogens with zero attached hydrogens (tertiary/aromatic N) is 1. The maximum atomic E-state index is 13.3.